The van der Waals surface area contributed by atoms with Crippen LogP contribution in [0.1, 0.15) is 0 Å². The molecule has 0 bridgehead atoms. The first kappa shape index (κ1) is 12.8. The molecule has 0 amide bonds. The smallest absolute Gasteiger partial charge is 0.231 e. The van der Waals surface area contributed by atoms with Gasteiger partial charge >= 0.3 is 0 Å². The van der Waals surface area contributed by atoms with Gasteiger partial charge in [-0.15, -0.1) is 0 Å². The molecular weight excluding hydrogens is 282 g/mol. The van der Waals surface area contributed by atoms with Gasteiger partial charge < -0.3 is 18.7 Å². The van der Waals surface area contributed by atoms with Gasteiger partial charge in [-0.05, 0) is 42.5 Å². The van der Waals surface area contributed by atoms with Gasteiger partial charge in [0.2, 0.25) is 6.79 Å². The predicted octanol–water partition coefficient (Wildman–Crippen LogP) is 3.75. The summed E-state index contributed by atoms with van der Waals surface area (Å²) in [6.07, 6.45) is 0. The monoisotopic (exact) mass is 295 g/mol. The maximum Gasteiger partial charge on any atom is 0.231 e. The zero-order chi connectivity index (χ0) is 14.9. The number of rotatable bonds is 3. The van der Waals surface area contributed by atoms with Crippen LogP contribution in [0.3, 0.4) is 0 Å². The Labute approximate surface area is 127 Å². The number of aromatic nitrogens is 1. The molecule has 110 valence electrons. The Bertz CT molecular complexity index is 808. The van der Waals surface area contributed by atoms with E-state index in [1.54, 1.807) is 7.11 Å². The number of ether oxygens (including phenoxy) is 3. The molecule has 5 nitrogen and oxygen atoms in total. The second-order valence-corrected chi connectivity index (χ2v) is 4.87. The minimum absolute atomic E-state index is 0.256. The first-order valence-electron chi connectivity index (χ1n) is 6.85. The van der Waals surface area contributed by atoms with Crippen molar-refractivity contribution in [3.63, 3.8) is 0 Å². The minimum atomic E-state index is 0.256. The van der Waals surface area contributed by atoms with Crippen LogP contribution < -0.4 is 14.2 Å². The van der Waals surface area contributed by atoms with E-state index in [1.807, 2.05) is 48.5 Å². The van der Waals surface area contributed by atoms with Crippen molar-refractivity contribution < 1.29 is 18.7 Å². The summed E-state index contributed by atoms with van der Waals surface area (Å²) >= 11 is 0. The summed E-state index contributed by atoms with van der Waals surface area (Å²) in [4.78, 5) is 0. The molecule has 1 aliphatic heterocycles. The minimum Gasteiger partial charge on any atom is -0.497 e. The van der Waals surface area contributed by atoms with Crippen molar-refractivity contribution in [2.24, 2.45) is 0 Å². The van der Waals surface area contributed by atoms with Crippen LogP contribution in [-0.4, -0.2) is 19.1 Å². The quantitative estimate of drug-likeness (QED) is 0.736. The van der Waals surface area contributed by atoms with E-state index in [0.29, 0.717) is 5.76 Å². The number of fused-ring (bicyclic) bond motifs is 1. The molecule has 22 heavy (non-hydrogen) atoms. The van der Waals surface area contributed by atoms with Gasteiger partial charge in [0.05, 0.1) is 7.11 Å². The molecule has 0 N–H and O–H groups in total. The van der Waals surface area contributed by atoms with E-state index >= 15 is 0 Å². The second kappa shape index (κ2) is 5.11. The van der Waals surface area contributed by atoms with Crippen molar-refractivity contribution in [2.45, 2.75) is 0 Å². The maximum atomic E-state index is 5.44. The Balaban J connectivity index is 1.65. The number of benzene rings is 2. The Morgan fingerprint density at radius 3 is 2.50 bits per heavy atom. The zero-order valence-corrected chi connectivity index (χ0v) is 11.9. The Morgan fingerprint density at radius 2 is 1.68 bits per heavy atom. The van der Waals surface area contributed by atoms with E-state index in [-0.39, 0.29) is 6.79 Å². The fraction of sp³-hybridized carbons (Fsp3) is 0.118. The summed E-state index contributed by atoms with van der Waals surface area (Å²) in [6, 6.07) is 15.3. The lowest BCUT2D eigenvalue weighted by Gasteiger charge is -1.99. The highest BCUT2D eigenvalue weighted by atomic mass is 16.7. The van der Waals surface area contributed by atoms with Gasteiger partial charge in [-0.1, -0.05) is 5.16 Å². The van der Waals surface area contributed by atoms with Crippen LogP contribution in [0.4, 0.5) is 0 Å². The molecule has 4 rings (SSSR count). The van der Waals surface area contributed by atoms with Crippen LogP contribution in [0.5, 0.6) is 17.2 Å². The third kappa shape index (κ3) is 2.16. The fourth-order valence-electron chi connectivity index (χ4n) is 2.36. The van der Waals surface area contributed by atoms with Crippen LogP contribution in [0, 0.1) is 0 Å². The van der Waals surface area contributed by atoms with E-state index in [9.17, 15) is 0 Å². The SMILES string of the molecule is COc1ccc(-c2cc(-c3ccc4c(c3)OCO4)on2)cc1. The Kier molecular flexibility index (Phi) is 2.96. The number of hydrogen-bond acceptors (Lipinski definition) is 5. The van der Waals surface area contributed by atoms with E-state index in [0.717, 1.165) is 34.1 Å². The topological polar surface area (TPSA) is 53.7 Å². The summed E-state index contributed by atoms with van der Waals surface area (Å²) in [5.74, 6) is 2.96. The highest BCUT2D eigenvalue weighted by molar-refractivity contribution is 5.69. The van der Waals surface area contributed by atoms with Gasteiger partial charge in [-0.2, -0.15) is 0 Å². The molecule has 0 saturated carbocycles. The third-order valence-electron chi connectivity index (χ3n) is 3.55. The summed E-state index contributed by atoms with van der Waals surface area (Å²) in [5, 5.41) is 4.12. The number of hydrogen-bond donors (Lipinski definition) is 0. The summed E-state index contributed by atoms with van der Waals surface area (Å²) in [6.45, 7) is 0.256. The lowest BCUT2D eigenvalue weighted by Crippen LogP contribution is -1.92. The van der Waals surface area contributed by atoms with Gasteiger partial charge in [-0.25, -0.2) is 0 Å². The lowest BCUT2D eigenvalue weighted by atomic mass is 10.1. The largest absolute Gasteiger partial charge is 0.497 e. The van der Waals surface area contributed by atoms with Crippen molar-refractivity contribution in [2.75, 3.05) is 13.9 Å². The Morgan fingerprint density at radius 1 is 0.909 bits per heavy atom. The molecular formula is C17H13NO4. The molecule has 0 aliphatic carbocycles. The molecule has 3 aromatic rings. The fourth-order valence-corrected chi connectivity index (χ4v) is 2.36. The second-order valence-electron chi connectivity index (χ2n) is 4.87. The van der Waals surface area contributed by atoms with Crippen LogP contribution in [0.15, 0.2) is 53.1 Å². The van der Waals surface area contributed by atoms with Gasteiger partial charge in [-0.3, -0.25) is 0 Å². The van der Waals surface area contributed by atoms with E-state index in [2.05, 4.69) is 5.16 Å². The van der Waals surface area contributed by atoms with Crippen molar-refractivity contribution in [3.05, 3.63) is 48.5 Å². The number of methoxy groups -OCH3 is 1. The van der Waals surface area contributed by atoms with E-state index < -0.39 is 0 Å². The average molecular weight is 295 g/mol. The standard InChI is InChI=1S/C17H13NO4/c1-19-13-5-2-11(3-6-13)14-9-16(22-18-14)12-4-7-15-17(8-12)21-10-20-15/h2-9H,10H2,1H3. The molecule has 0 radical (unpaired) electrons. The number of nitrogens with zero attached hydrogens (tertiary/aromatic N) is 1. The molecule has 1 aromatic heterocycles. The summed E-state index contributed by atoms with van der Waals surface area (Å²) in [7, 11) is 1.64. The van der Waals surface area contributed by atoms with Crippen LogP contribution in [-0.2, 0) is 0 Å². The van der Waals surface area contributed by atoms with Crippen LogP contribution >= 0.6 is 0 Å². The van der Waals surface area contributed by atoms with Crippen molar-refractivity contribution >= 4 is 0 Å². The lowest BCUT2D eigenvalue weighted by molar-refractivity contribution is 0.174. The van der Waals surface area contributed by atoms with Crippen LogP contribution in [0.25, 0.3) is 22.6 Å². The first-order valence-corrected chi connectivity index (χ1v) is 6.85. The van der Waals surface area contributed by atoms with E-state index in [4.69, 9.17) is 18.7 Å². The van der Waals surface area contributed by atoms with Crippen LogP contribution in [0.2, 0.25) is 0 Å². The molecule has 2 heterocycles. The Hall–Kier alpha value is -2.95. The zero-order valence-electron chi connectivity index (χ0n) is 11.9. The molecule has 0 spiro atoms. The molecule has 1 aliphatic rings. The average Bonchev–Trinajstić information content (AvgIpc) is 3.23. The first-order chi connectivity index (χ1) is 10.8. The van der Waals surface area contributed by atoms with Gasteiger partial charge in [0.1, 0.15) is 11.4 Å². The van der Waals surface area contributed by atoms with Gasteiger partial charge in [0.25, 0.3) is 0 Å². The molecule has 0 fully saturated rings. The predicted molar refractivity (Wildman–Crippen MR) is 80.1 cm³/mol. The molecule has 5 heteroatoms. The third-order valence-corrected chi connectivity index (χ3v) is 3.55. The highest BCUT2D eigenvalue weighted by Crippen LogP contribution is 2.36. The van der Waals surface area contributed by atoms with Crippen molar-refractivity contribution in [1.29, 1.82) is 0 Å². The maximum absolute atomic E-state index is 5.44. The molecule has 0 atom stereocenters. The normalized spacial score (nSPS) is 12.4. The van der Waals surface area contributed by atoms with E-state index in [1.165, 1.54) is 0 Å². The molecule has 0 unspecified atom stereocenters. The molecule has 2 aromatic carbocycles. The van der Waals surface area contributed by atoms with Crippen molar-refractivity contribution in [3.8, 4) is 39.8 Å². The molecule has 0 saturated heterocycles. The van der Waals surface area contributed by atoms with Crippen molar-refractivity contribution in [1.82, 2.24) is 5.16 Å². The summed E-state index contributed by atoms with van der Waals surface area (Å²) < 4.78 is 21.3. The van der Waals surface area contributed by atoms with Gasteiger partial charge in [0, 0.05) is 17.2 Å². The van der Waals surface area contributed by atoms with Gasteiger partial charge in [0.15, 0.2) is 17.3 Å². The summed E-state index contributed by atoms with van der Waals surface area (Å²) in [5.41, 5.74) is 2.64. The highest BCUT2D eigenvalue weighted by Gasteiger charge is 2.16.